The molecule has 0 radical (unpaired) electrons. The molecule has 0 aliphatic carbocycles. The smallest absolute Gasteiger partial charge is 0.332 e. The van der Waals surface area contributed by atoms with Gasteiger partial charge in [-0.1, -0.05) is 81.5 Å². The predicted octanol–water partition coefficient (Wildman–Crippen LogP) is 6.10. The Kier molecular flexibility index (Phi) is 14.3. The molecule has 38 heavy (non-hydrogen) atoms. The van der Waals surface area contributed by atoms with Crippen molar-refractivity contribution >= 4 is 35.2 Å². The van der Waals surface area contributed by atoms with Gasteiger partial charge in [-0.25, -0.2) is 9.59 Å². The number of rotatable bonds is 17. The van der Waals surface area contributed by atoms with Crippen LogP contribution in [0.2, 0.25) is 5.02 Å². The lowest BCUT2D eigenvalue weighted by molar-refractivity contribution is -0.153. The Bertz CT molecular complexity index is 977. The number of carboxylic acid groups (broad SMARTS) is 1. The predicted molar refractivity (Wildman–Crippen MR) is 150 cm³/mol. The number of nitrogens with one attached hydrogen (secondary N) is 2. The summed E-state index contributed by atoms with van der Waals surface area (Å²) in [6.45, 7) is 5.37. The van der Waals surface area contributed by atoms with Crippen LogP contribution in [0.4, 0.5) is 10.5 Å². The van der Waals surface area contributed by atoms with Crippen LogP contribution in [0.15, 0.2) is 54.6 Å². The summed E-state index contributed by atoms with van der Waals surface area (Å²) in [5.41, 5.74) is 1.31. The first-order valence-corrected chi connectivity index (χ1v) is 13.7. The number of aliphatic carboxylic acids is 1. The number of carboxylic acids is 1. The zero-order valence-electron chi connectivity index (χ0n) is 22.3. The van der Waals surface area contributed by atoms with Crippen LogP contribution in [0, 0.1) is 0 Å². The Morgan fingerprint density at radius 3 is 2.08 bits per heavy atom. The summed E-state index contributed by atoms with van der Waals surface area (Å²) >= 11 is 5.93. The number of hydrogen-bond acceptors (Lipinski definition) is 4. The summed E-state index contributed by atoms with van der Waals surface area (Å²) in [7, 11) is 0. The van der Waals surface area contributed by atoms with Crippen molar-refractivity contribution in [2.75, 3.05) is 18.4 Å². The number of nitrogens with zero attached hydrogens (tertiary/aromatic N) is 1. The Labute approximate surface area is 230 Å². The molecule has 0 saturated heterocycles. The average Bonchev–Trinajstić information content (AvgIpc) is 2.91. The minimum absolute atomic E-state index is 0.0758. The summed E-state index contributed by atoms with van der Waals surface area (Å²) in [5, 5.41) is 15.8. The summed E-state index contributed by atoms with van der Waals surface area (Å²) in [5.74, 6) is -1.50. The number of halogens is 1. The van der Waals surface area contributed by atoms with Crippen molar-refractivity contribution in [3.8, 4) is 0 Å². The van der Waals surface area contributed by atoms with Gasteiger partial charge in [0.25, 0.3) is 0 Å². The van der Waals surface area contributed by atoms with E-state index in [4.69, 9.17) is 16.3 Å². The molecule has 8 nitrogen and oxygen atoms in total. The first-order chi connectivity index (χ1) is 18.3. The van der Waals surface area contributed by atoms with Gasteiger partial charge < -0.3 is 25.4 Å². The highest BCUT2D eigenvalue weighted by Gasteiger charge is 2.32. The van der Waals surface area contributed by atoms with E-state index in [-0.39, 0.29) is 18.9 Å². The maximum atomic E-state index is 13.7. The molecule has 0 aliphatic heterocycles. The SMILES string of the molecule is CCCCCN(CCCCC)C(=O)C(CC(OCc1ccccc1)C(=O)O)NC(=O)Nc1ccc(Cl)cc1. The molecule has 0 heterocycles. The van der Waals surface area contributed by atoms with Gasteiger partial charge >= 0.3 is 12.0 Å². The molecule has 2 atom stereocenters. The van der Waals surface area contributed by atoms with Crippen molar-refractivity contribution < 1.29 is 24.2 Å². The van der Waals surface area contributed by atoms with E-state index in [2.05, 4.69) is 24.5 Å². The Hall–Kier alpha value is -3.10. The molecular formula is C29H40ClN3O5. The minimum Gasteiger partial charge on any atom is -0.479 e. The van der Waals surface area contributed by atoms with E-state index < -0.39 is 24.1 Å². The third-order valence-corrected chi connectivity index (χ3v) is 6.35. The number of benzene rings is 2. The molecule has 2 rings (SSSR count). The van der Waals surface area contributed by atoms with Crippen LogP contribution in [0.3, 0.4) is 0 Å². The van der Waals surface area contributed by atoms with Crippen LogP contribution >= 0.6 is 11.6 Å². The lowest BCUT2D eigenvalue weighted by Crippen LogP contribution is -2.52. The summed E-state index contributed by atoms with van der Waals surface area (Å²) < 4.78 is 5.70. The molecule has 208 valence electrons. The van der Waals surface area contributed by atoms with Gasteiger partial charge in [0.1, 0.15) is 6.04 Å². The lowest BCUT2D eigenvalue weighted by atomic mass is 10.1. The molecule has 3 amide bonds. The first-order valence-electron chi connectivity index (χ1n) is 13.3. The second-order valence-electron chi connectivity index (χ2n) is 9.26. The van der Waals surface area contributed by atoms with Gasteiger partial charge in [-0.15, -0.1) is 0 Å². The van der Waals surface area contributed by atoms with E-state index >= 15 is 0 Å². The topological polar surface area (TPSA) is 108 Å². The number of anilines is 1. The highest BCUT2D eigenvalue weighted by Crippen LogP contribution is 2.15. The summed E-state index contributed by atoms with van der Waals surface area (Å²) in [4.78, 5) is 40.4. The van der Waals surface area contributed by atoms with E-state index in [1.54, 1.807) is 29.2 Å². The fourth-order valence-corrected chi connectivity index (χ4v) is 4.09. The van der Waals surface area contributed by atoms with Gasteiger partial charge in [-0.05, 0) is 42.7 Å². The maximum absolute atomic E-state index is 13.7. The molecule has 2 aromatic rings. The molecule has 0 saturated carbocycles. The van der Waals surface area contributed by atoms with Gasteiger partial charge in [0.15, 0.2) is 6.10 Å². The summed E-state index contributed by atoms with van der Waals surface area (Å²) in [6, 6.07) is 14.1. The molecule has 2 unspecified atom stereocenters. The Morgan fingerprint density at radius 1 is 0.921 bits per heavy atom. The molecule has 9 heteroatoms. The highest BCUT2D eigenvalue weighted by atomic mass is 35.5. The fraction of sp³-hybridized carbons (Fsp3) is 0.483. The van der Waals surface area contributed by atoms with E-state index in [0.717, 1.165) is 44.1 Å². The minimum atomic E-state index is -1.28. The van der Waals surface area contributed by atoms with Crippen molar-refractivity contribution in [2.45, 2.75) is 77.5 Å². The molecule has 0 spiro atoms. The lowest BCUT2D eigenvalue weighted by Gasteiger charge is -2.29. The fourth-order valence-electron chi connectivity index (χ4n) is 3.96. The number of hydrogen-bond donors (Lipinski definition) is 3. The van der Waals surface area contributed by atoms with Crippen LogP contribution in [0.25, 0.3) is 0 Å². The van der Waals surface area contributed by atoms with Gasteiger partial charge in [-0.3, -0.25) is 4.79 Å². The quantitative estimate of drug-likeness (QED) is 0.208. The van der Waals surface area contributed by atoms with E-state index in [0.29, 0.717) is 23.8 Å². The molecule has 2 aromatic carbocycles. The zero-order valence-corrected chi connectivity index (χ0v) is 23.1. The van der Waals surface area contributed by atoms with E-state index in [1.165, 1.54) is 0 Å². The number of carbonyl (C=O) groups excluding carboxylic acids is 2. The molecule has 0 bridgehead atoms. The Morgan fingerprint density at radius 2 is 1.53 bits per heavy atom. The van der Waals surface area contributed by atoms with Crippen LogP contribution in [0.5, 0.6) is 0 Å². The van der Waals surface area contributed by atoms with Crippen LogP contribution in [-0.2, 0) is 20.9 Å². The normalized spacial score (nSPS) is 12.4. The molecule has 0 aliphatic rings. The molecular weight excluding hydrogens is 506 g/mol. The van der Waals surface area contributed by atoms with Crippen molar-refractivity contribution in [3.63, 3.8) is 0 Å². The molecule has 3 N–H and O–H groups in total. The highest BCUT2D eigenvalue weighted by molar-refractivity contribution is 6.30. The number of amides is 3. The van der Waals surface area contributed by atoms with Gasteiger partial charge in [0, 0.05) is 30.2 Å². The number of ether oxygens (including phenoxy) is 1. The standard InChI is InChI=1S/C29H40ClN3O5/c1-3-5-10-18-33(19-11-6-4-2)27(34)25(32-29(37)31-24-16-14-23(30)15-17-24)20-26(28(35)36)38-21-22-12-8-7-9-13-22/h7-9,12-17,25-26H,3-6,10-11,18-21H2,1-2H3,(H,35,36)(H2,31,32,37). The zero-order chi connectivity index (χ0) is 27.8. The second kappa shape index (κ2) is 17.4. The van der Waals surface area contributed by atoms with Crippen molar-refractivity contribution in [1.82, 2.24) is 10.2 Å². The van der Waals surface area contributed by atoms with Crippen LogP contribution in [0.1, 0.15) is 64.4 Å². The molecule has 0 fully saturated rings. The van der Waals surface area contributed by atoms with Crippen LogP contribution < -0.4 is 10.6 Å². The van der Waals surface area contributed by atoms with Gasteiger partial charge in [-0.2, -0.15) is 0 Å². The number of unbranched alkanes of at least 4 members (excludes halogenated alkanes) is 4. The largest absolute Gasteiger partial charge is 0.479 e. The number of carbonyl (C=O) groups is 3. The second-order valence-corrected chi connectivity index (χ2v) is 9.69. The average molecular weight is 546 g/mol. The van der Waals surface area contributed by atoms with E-state index in [1.807, 2.05) is 30.3 Å². The third-order valence-electron chi connectivity index (χ3n) is 6.10. The molecule has 0 aromatic heterocycles. The maximum Gasteiger partial charge on any atom is 0.332 e. The van der Waals surface area contributed by atoms with Crippen molar-refractivity contribution in [3.05, 3.63) is 65.2 Å². The first kappa shape index (κ1) is 31.1. The van der Waals surface area contributed by atoms with Crippen molar-refractivity contribution in [1.29, 1.82) is 0 Å². The third kappa shape index (κ3) is 11.5. The van der Waals surface area contributed by atoms with Crippen LogP contribution in [-0.4, -0.2) is 53.1 Å². The van der Waals surface area contributed by atoms with E-state index in [9.17, 15) is 19.5 Å². The number of urea groups is 1. The van der Waals surface area contributed by atoms with Gasteiger partial charge in [0.2, 0.25) is 5.91 Å². The monoisotopic (exact) mass is 545 g/mol. The van der Waals surface area contributed by atoms with Gasteiger partial charge in [0.05, 0.1) is 6.61 Å². The van der Waals surface area contributed by atoms with Crippen molar-refractivity contribution in [2.24, 2.45) is 0 Å². The summed E-state index contributed by atoms with van der Waals surface area (Å²) in [6.07, 6.45) is 4.17. The Balaban J connectivity index is 2.21.